The molecule has 1 saturated carbocycles. The highest BCUT2D eigenvalue weighted by molar-refractivity contribution is 5.25. The zero-order chi connectivity index (χ0) is 13.9. The zero-order valence-electron chi connectivity index (χ0n) is 12.7. The first-order valence-electron chi connectivity index (χ1n) is 7.83. The van der Waals surface area contributed by atoms with E-state index < -0.39 is 5.60 Å². The molecule has 2 rings (SSSR count). The smallest absolute Gasteiger partial charge is 0.0690 e. The number of hydrogen-bond acceptors (Lipinski definition) is 1. The van der Waals surface area contributed by atoms with Gasteiger partial charge in [0.15, 0.2) is 0 Å². The maximum atomic E-state index is 10.8. The van der Waals surface area contributed by atoms with Gasteiger partial charge >= 0.3 is 0 Å². The van der Waals surface area contributed by atoms with Gasteiger partial charge in [-0.05, 0) is 35.8 Å². The molecule has 2 unspecified atom stereocenters. The molecule has 0 radical (unpaired) electrons. The lowest BCUT2D eigenvalue weighted by atomic mass is 9.74. The fourth-order valence-corrected chi connectivity index (χ4v) is 3.37. The van der Waals surface area contributed by atoms with Gasteiger partial charge < -0.3 is 5.11 Å². The van der Waals surface area contributed by atoms with Crippen LogP contribution in [0.5, 0.6) is 0 Å². The maximum Gasteiger partial charge on any atom is 0.0690 e. The molecule has 0 spiro atoms. The SMILES string of the molecule is CCC1CCCC(O)(Cc2ccc(C(C)C)cc2)C1. The molecule has 1 heteroatoms. The molecule has 1 nitrogen and oxygen atoms in total. The molecule has 106 valence electrons. The van der Waals surface area contributed by atoms with Gasteiger partial charge in [0, 0.05) is 6.42 Å². The van der Waals surface area contributed by atoms with Gasteiger partial charge in [-0.1, -0.05) is 64.3 Å². The molecule has 1 N–H and O–H groups in total. The summed E-state index contributed by atoms with van der Waals surface area (Å²) < 4.78 is 0. The van der Waals surface area contributed by atoms with Crippen LogP contribution in [0, 0.1) is 5.92 Å². The standard InChI is InChI=1S/C18H28O/c1-4-15-6-5-11-18(19,12-15)13-16-7-9-17(10-8-16)14(2)3/h7-10,14-15,19H,4-6,11-13H2,1-3H3. The summed E-state index contributed by atoms with van der Waals surface area (Å²) in [5, 5.41) is 10.8. The van der Waals surface area contributed by atoms with Crippen LogP contribution in [0.25, 0.3) is 0 Å². The lowest BCUT2D eigenvalue weighted by Gasteiger charge is -2.36. The van der Waals surface area contributed by atoms with Crippen LogP contribution < -0.4 is 0 Å². The summed E-state index contributed by atoms with van der Waals surface area (Å²) in [6.07, 6.45) is 6.45. The minimum Gasteiger partial charge on any atom is -0.390 e. The van der Waals surface area contributed by atoms with Gasteiger partial charge in [0.1, 0.15) is 0 Å². The Morgan fingerprint density at radius 2 is 1.95 bits per heavy atom. The van der Waals surface area contributed by atoms with Crippen molar-refractivity contribution in [2.45, 2.75) is 70.8 Å². The molecule has 1 aliphatic carbocycles. The van der Waals surface area contributed by atoms with Gasteiger partial charge in [0.25, 0.3) is 0 Å². The Kier molecular flexibility index (Phi) is 4.67. The average molecular weight is 260 g/mol. The predicted octanol–water partition coefficient (Wildman–Crippen LogP) is 4.68. The molecule has 0 aromatic heterocycles. The largest absolute Gasteiger partial charge is 0.390 e. The highest BCUT2D eigenvalue weighted by atomic mass is 16.3. The van der Waals surface area contributed by atoms with Crippen LogP contribution in [0.3, 0.4) is 0 Å². The van der Waals surface area contributed by atoms with E-state index in [0.717, 1.165) is 19.3 Å². The van der Waals surface area contributed by atoms with Gasteiger partial charge in [-0.25, -0.2) is 0 Å². The van der Waals surface area contributed by atoms with Crippen LogP contribution >= 0.6 is 0 Å². The first-order valence-corrected chi connectivity index (χ1v) is 7.83. The van der Waals surface area contributed by atoms with E-state index in [1.54, 1.807) is 0 Å². The zero-order valence-corrected chi connectivity index (χ0v) is 12.7. The predicted molar refractivity (Wildman–Crippen MR) is 81.4 cm³/mol. The third kappa shape index (κ3) is 3.82. The molecule has 0 aliphatic heterocycles. The van der Waals surface area contributed by atoms with Crippen molar-refractivity contribution in [1.82, 2.24) is 0 Å². The summed E-state index contributed by atoms with van der Waals surface area (Å²) in [5.74, 6) is 1.30. The van der Waals surface area contributed by atoms with E-state index >= 15 is 0 Å². The topological polar surface area (TPSA) is 20.2 Å². The summed E-state index contributed by atoms with van der Waals surface area (Å²) in [6, 6.07) is 8.82. The Morgan fingerprint density at radius 3 is 2.53 bits per heavy atom. The molecule has 19 heavy (non-hydrogen) atoms. The van der Waals surface area contributed by atoms with Gasteiger partial charge in [-0.2, -0.15) is 0 Å². The first kappa shape index (κ1) is 14.6. The molecule has 0 bridgehead atoms. The number of aliphatic hydroxyl groups is 1. The van der Waals surface area contributed by atoms with Gasteiger partial charge in [-0.3, -0.25) is 0 Å². The van der Waals surface area contributed by atoms with Crippen molar-refractivity contribution in [3.63, 3.8) is 0 Å². The monoisotopic (exact) mass is 260 g/mol. The highest BCUT2D eigenvalue weighted by Crippen LogP contribution is 2.36. The fourth-order valence-electron chi connectivity index (χ4n) is 3.37. The first-order chi connectivity index (χ1) is 9.02. The van der Waals surface area contributed by atoms with Crippen molar-refractivity contribution in [3.05, 3.63) is 35.4 Å². The van der Waals surface area contributed by atoms with E-state index in [1.807, 2.05) is 0 Å². The van der Waals surface area contributed by atoms with Gasteiger partial charge in [0.2, 0.25) is 0 Å². The number of rotatable bonds is 4. The third-order valence-corrected chi connectivity index (χ3v) is 4.68. The van der Waals surface area contributed by atoms with E-state index in [9.17, 15) is 5.11 Å². The minimum absolute atomic E-state index is 0.460. The quantitative estimate of drug-likeness (QED) is 0.833. The van der Waals surface area contributed by atoms with E-state index in [0.29, 0.717) is 11.8 Å². The van der Waals surface area contributed by atoms with E-state index in [1.165, 1.54) is 30.4 Å². The average Bonchev–Trinajstić information content (AvgIpc) is 2.38. The van der Waals surface area contributed by atoms with Gasteiger partial charge in [-0.15, -0.1) is 0 Å². The van der Waals surface area contributed by atoms with E-state index in [2.05, 4.69) is 45.0 Å². The summed E-state index contributed by atoms with van der Waals surface area (Å²) >= 11 is 0. The fraction of sp³-hybridized carbons (Fsp3) is 0.667. The number of benzene rings is 1. The highest BCUT2D eigenvalue weighted by Gasteiger charge is 2.33. The van der Waals surface area contributed by atoms with Crippen LogP contribution in [0.4, 0.5) is 0 Å². The second-order valence-electron chi connectivity index (χ2n) is 6.67. The van der Waals surface area contributed by atoms with Crippen molar-refractivity contribution in [3.8, 4) is 0 Å². The Hall–Kier alpha value is -0.820. The van der Waals surface area contributed by atoms with Crippen molar-refractivity contribution < 1.29 is 5.11 Å². The molecule has 1 aliphatic rings. The summed E-state index contributed by atoms with van der Waals surface area (Å²) in [7, 11) is 0. The van der Waals surface area contributed by atoms with Crippen molar-refractivity contribution in [2.75, 3.05) is 0 Å². The molecule has 2 atom stereocenters. The second-order valence-corrected chi connectivity index (χ2v) is 6.67. The Balaban J connectivity index is 2.03. The third-order valence-electron chi connectivity index (χ3n) is 4.68. The van der Waals surface area contributed by atoms with Crippen LogP contribution in [-0.4, -0.2) is 10.7 Å². The van der Waals surface area contributed by atoms with Crippen molar-refractivity contribution in [1.29, 1.82) is 0 Å². The summed E-state index contributed by atoms with van der Waals surface area (Å²) in [4.78, 5) is 0. The molecular formula is C18H28O. The Morgan fingerprint density at radius 1 is 1.26 bits per heavy atom. The van der Waals surface area contributed by atoms with Gasteiger partial charge in [0.05, 0.1) is 5.60 Å². The Labute approximate surface area is 118 Å². The molecule has 1 aromatic carbocycles. The van der Waals surface area contributed by atoms with Crippen LogP contribution in [0.15, 0.2) is 24.3 Å². The van der Waals surface area contributed by atoms with Crippen molar-refractivity contribution >= 4 is 0 Å². The summed E-state index contributed by atoms with van der Waals surface area (Å²) in [5.41, 5.74) is 2.20. The summed E-state index contributed by atoms with van der Waals surface area (Å²) in [6.45, 7) is 6.68. The molecule has 1 fully saturated rings. The molecule has 0 saturated heterocycles. The maximum absolute atomic E-state index is 10.8. The van der Waals surface area contributed by atoms with E-state index in [4.69, 9.17) is 0 Å². The molecule has 0 amide bonds. The lowest BCUT2D eigenvalue weighted by molar-refractivity contribution is -0.0161. The second kappa shape index (κ2) is 6.09. The molecular weight excluding hydrogens is 232 g/mol. The molecule has 0 heterocycles. The van der Waals surface area contributed by atoms with Crippen LogP contribution in [0.2, 0.25) is 0 Å². The van der Waals surface area contributed by atoms with E-state index in [-0.39, 0.29) is 0 Å². The number of hydrogen-bond donors (Lipinski definition) is 1. The normalized spacial score (nSPS) is 27.7. The lowest BCUT2D eigenvalue weighted by Crippen LogP contribution is -2.37. The molecule has 1 aromatic rings. The van der Waals surface area contributed by atoms with Crippen LogP contribution in [0.1, 0.15) is 69.9 Å². The van der Waals surface area contributed by atoms with Crippen LogP contribution in [-0.2, 0) is 6.42 Å². The Bertz CT molecular complexity index is 393. The minimum atomic E-state index is -0.460. The van der Waals surface area contributed by atoms with Crippen molar-refractivity contribution in [2.24, 2.45) is 5.92 Å².